The molecule has 1 saturated heterocycles. The van der Waals surface area contributed by atoms with Crippen molar-refractivity contribution in [2.75, 3.05) is 19.8 Å². The van der Waals surface area contributed by atoms with E-state index in [4.69, 9.17) is 14.1 Å². The van der Waals surface area contributed by atoms with Crippen LogP contribution in [0.3, 0.4) is 0 Å². The maximum Gasteiger partial charge on any atom is 0.252 e. The number of fused-ring (bicyclic) bond motifs is 2. The van der Waals surface area contributed by atoms with E-state index in [1.807, 2.05) is 18.7 Å². The lowest BCUT2D eigenvalue weighted by atomic mass is 10.0. The van der Waals surface area contributed by atoms with E-state index >= 15 is 0 Å². The van der Waals surface area contributed by atoms with Crippen LogP contribution in [-0.2, 0) is 28.9 Å². The molecule has 0 bridgehead atoms. The smallest absolute Gasteiger partial charge is 0.252 e. The molecular weight excluding hydrogens is 384 g/mol. The highest BCUT2D eigenvalue weighted by molar-refractivity contribution is 5.76. The standard InChI is InChI=1S/C21H26N6O3/c1-13-16(14(2)27-21(24-13)22-12-23-27)3-4-19(28)26-8-5-18-17(11-26)25-20(30-18)15-6-9-29-10-7-15/h12,15H,3-11H2,1-2H3. The Kier molecular flexibility index (Phi) is 4.98. The fraction of sp³-hybridized carbons (Fsp3) is 0.571. The van der Waals surface area contributed by atoms with E-state index in [1.165, 1.54) is 6.33 Å². The first-order valence-corrected chi connectivity index (χ1v) is 10.6. The molecule has 0 aromatic carbocycles. The summed E-state index contributed by atoms with van der Waals surface area (Å²) in [7, 11) is 0. The molecule has 0 unspecified atom stereocenters. The van der Waals surface area contributed by atoms with Gasteiger partial charge < -0.3 is 14.1 Å². The summed E-state index contributed by atoms with van der Waals surface area (Å²) >= 11 is 0. The van der Waals surface area contributed by atoms with Crippen LogP contribution in [0.1, 0.15) is 59.5 Å². The minimum atomic E-state index is 0.133. The number of rotatable bonds is 4. The highest BCUT2D eigenvalue weighted by Crippen LogP contribution is 2.30. The Morgan fingerprint density at radius 1 is 1.23 bits per heavy atom. The molecule has 0 spiro atoms. The summed E-state index contributed by atoms with van der Waals surface area (Å²) < 4.78 is 13.2. The number of amides is 1. The van der Waals surface area contributed by atoms with E-state index in [2.05, 4.69) is 15.1 Å². The molecule has 9 heteroatoms. The third-order valence-electron chi connectivity index (χ3n) is 6.24. The summed E-state index contributed by atoms with van der Waals surface area (Å²) in [6, 6.07) is 0. The van der Waals surface area contributed by atoms with Crippen molar-refractivity contribution in [3.63, 3.8) is 0 Å². The Bertz CT molecular complexity index is 1080. The van der Waals surface area contributed by atoms with E-state index in [9.17, 15) is 4.79 Å². The molecule has 2 aliphatic rings. The molecule has 3 aromatic heterocycles. The lowest BCUT2D eigenvalue weighted by molar-refractivity contribution is -0.132. The molecule has 0 atom stereocenters. The van der Waals surface area contributed by atoms with Gasteiger partial charge in [-0.1, -0.05) is 0 Å². The van der Waals surface area contributed by atoms with Gasteiger partial charge in [0.25, 0.3) is 5.78 Å². The number of aromatic nitrogens is 5. The molecule has 0 N–H and O–H groups in total. The Balaban J connectivity index is 1.25. The molecule has 9 nitrogen and oxygen atoms in total. The van der Waals surface area contributed by atoms with Gasteiger partial charge in [-0.05, 0) is 38.7 Å². The van der Waals surface area contributed by atoms with E-state index in [1.54, 1.807) is 4.52 Å². The zero-order valence-electron chi connectivity index (χ0n) is 17.4. The van der Waals surface area contributed by atoms with Gasteiger partial charge in [-0.15, -0.1) is 0 Å². The van der Waals surface area contributed by atoms with E-state index < -0.39 is 0 Å². The number of carbonyl (C=O) groups excluding carboxylic acids is 1. The Hall–Kier alpha value is -2.81. The number of oxazole rings is 1. The lowest BCUT2D eigenvalue weighted by Crippen LogP contribution is -2.36. The Labute approximate surface area is 174 Å². The van der Waals surface area contributed by atoms with Gasteiger partial charge in [0.05, 0.1) is 6.54 Å². The van der Waals surface area contributed by atoms with E-state index in [0.717, 1.165) is 66.8 Å². The molecular formula is C21H26N6O3. The predicted molar refractivity (Wildman–Crippen MR) is 107 cm³/mol. The van der Waals surface area contributed by atoms with Gasteiger partial charge in [0, 0.05) is 49.9 Å². The molecule has 1 fully saturated rings. The monoisotopic (exact) mass is 410 g/mol. The maximum absolute atomic E-state index is 12.9. The fourth-order valence-corrected chi connectivity index (χ4v) is 4.46. The molecule has 1 amide bonds. The van der Waals surface area contributed by atoms with Crippen LogP contribution in [0, 0.1) is 13.8 Å². The molecule has 5 rings (SSSR count). The molecule has 30 heavy (non-hydrogen) atoms. The first-order valence-electron chi connectivity index (χ1n) is 10.6. The van der Waals surface area contributed by atoms with Crippen LogP contribution in [0.2, 0.25) is 0 Å². The van der Waals surface area contributed by atoms with Crippen molar-refractivity contribution in [1.82, 2.24) is 29.5 Å². The zero-order valence-corrected chi connectivity index (χ0v) is 17.4. The normalized spacial score (nSPS) is 17.5. The molecule has 3 aromatic rings. The zero-order chi connectivity index (χ0) is 20.7. The van der Waals surface area contributed by atoms with Crippen LogP contribution in [0.15, 0.2) is 10.7 Å². The Morgan fingerprint density at radius 3 is 2.90 bits per heavy atom. The van der Waals surface area contributed by atoms with Crippen LogP contribution in [0.5, 0.6) is 0 Å². The Morgan fingerprint density at radius 2 is 2.07 bits per heavy atom. The third-order valence-corrected chi connectivity index (χ3v) is 6.24. The minimum absolute atomic E-state index is 0.133. The van der Waals surface area contributed by atoms with Crippen molar-refractivity contribution < 1.29 is 13.9 Å². The van der Waals surface area contributed by atoms with Gasteiger partial charge in [0.2, 0.25) is 5.91 Å². The average molecular weight is 410 g/mol. The van der Waals surface area contributed by atoms with Crippen LogP contribution in [0.25, 0.3) is 5.78 Å². The quantitative estimate of drug-likeness (QED) is 0.650. The summed E-state index contributed by atoms with van der Waals surface area (Å²) in [5.41, 5.74) is 3.86. The summed E-state index contributed by atoms with van der Waals surface area (Å²) in [5.74, 6) is 2.81. The summed E-state index contributed by atoms with van der Waals surface area (Å²) in [5, 5.41) is 4.22. The van der Waals surface area contributed by atoms with Gasteiger partial charge in [-0.3, -0.25) is 4.79 Å². The molecule has 0 radical (unpaired) electrons. The van der Waals surface area contributed by atoms with Gasteiger partial charge in [0.1, 0.15) is 17.8 Å². The predicted octanol–water partition coefficient (Wildman–Crippen LogP) is 2.14. The lowest BCUT2D eigenvalue weighted by Gasteiger charge is -2.25. The average Bonchev–Trinajstić information content (AvgIpc) is 3.40. The van der Waals surface area contributed by atoms with Crippen molar-refractivity contribution in [2.45, 2.75) is 58.4 Å². The molecule has 0 saturated carbocycles. The fourth-order valence-electron chi connectivity index (χ4n) is 4.46. The van der Waals surface area contributed by atoms with Crippen molar-refractivity contribution in [1.29, 1.82) is 0 Å². The number of hydrogen-bond donors (Lipinski definition) is 0. The van der Waals surface area contributed by atoms with Gasteiger partial charge in [0.15, 0.2) is 5.89 Å². The van der Waals surface area contributed by atoms with Crippen LogP contribution in [-0.4, -0.2) is 55.1 Å². The number of nitrogens with zero attached hydrogens (tertiary/aromatic N) is 6. The molecule has 5 heterocycles. The van der Waals surface area contributed by atoms with E-state index in [-0.39, 0.29) is 5.91 Å². The van der Waals surface area contributed by atoms with Gasteiger partial charge in [-0.25, -0.2) is 14.5 Å². The summed E-state index contributed by atoms with van der Waals surface area (Å²) in [6.07, 6.45) is 5.19. The second-order valence-corrected chi connectivity index (χ2v) is 8.11. The van der Waals surface area contributed by atoms with Crippen LogP contribution in [0.4, 0.5) is 0 Å². The second-order valence-electron chi connectivity index (χ2n) is 8.11. The minimum Gasteiger partial charge on any atom is -0.445 e. The number of ether oxygens (including phenoxy) is 1. The first-order chi connectivity index (χ1) is 14.6. The summed E-state index contributed by atoms with van der Waals surface area (Å²) in [6.45, 7) is 6.68. The summed E-state index contributed by atoms with van der Waals surface area (Å²) in [4.78, 5) is 28.2. The highest BCUT2D eigenvalue weighted by Gasteiger charge is 2.28. The van der Waals surface area contributed by atoms with Gasteiger partial charge in [-0.2, -0.15) is 10.1 Å². The van der Waals surface area contributed by atoms with Crippen molar-refractivity contribution in [3.8, 4) is 0 Å². The van der Waals surface area contributed by atoms with E-state index in [0.29, 0.717) is 37.6 Å². The van der Waals surface area contributed by atoms with Crippen molar-refractivity contribution in [2.24, 2.45) is 0 Å². The van der Waals surface area contributed by atoms with Crippen molar-refractivity contribution >= 4 is 11.7 Å². The maximum atomic E-state index is 12.9. The SMILES string of the molecule is Cc1nc2ncnn2c(C)c1CCC(=O)N1CCc2oc(C3CCOCC3)nc2C1. The highest BCUT2D eigenvalue weighted by atomic mass is 16.5. The van der Waals surface area contributed by atoms with Gasteiger partial charge >= 0.3 is 0 Å². The molecule has 0 aliphatic carbocycles. The van der Waals surface area contributed by atoms with Crippen molar-refractivity contribution in [3.05, 3.63) is 40.6 Å². The number of carbonyl (C=O) groups is 1. The second kappa shape index (κ2) is 7.79. The van der Waals surface area contributed by atoms with Crippen LogP contribution < -0.4 is 0 Å². The third kappa shape index (κ3) is 3.47. The topological polar surface area (TPSA) is 98.7 Å². The largest absolute Gasteiger partial charge is 0.445 e. The van der Waals surface area contributed by atoms with Crippen LogP contribution >= 0.6 is 0 Å². The molecule has 158 valence electrons. The number of hydrogen-bond acceptors (Lipinski definition) is 7. The first kappa shape index (κ1) is 19.2. The number of aryl methyl sites for hydroxylation is 2. The molecule has 2 aliphatic heterocycles.